The van der Waals surface area contributed by atoms with Crippen LogP contribution in [0.1, 0.15) is 0 Å². The summed E-state index contributed by atoms with van der Waals surface area (Å²) in [6.45, 7) is 0. The van der Waals surface area contributed by atoms with Gasteiger partial charge in [0.05, 0.1) is 33.1 Å². The number of hydrogen-bond donors (Lipinski definition) is 0. The number of aromatic nitrogens is 2. The lowest BCUT2D eigenvalue weighted by molar-refractivity contribution is 0.669. The monoisotopic (exact) mass is 548 g/mol. The van der Waals surface area contributed by atoms with Gasteiger partial charge in [0.1, 0.15) is 11.2 Å². The van der Waals surface area contributed by atoms with Gasteiger partial charge in [0.2, 0.25) is 0 Å². The zero-order chi connectivity index (χ0) is 28.1. The van der Waals surface area contributed by atoms with Crippen molar-refractivity contribution >= 4 is 76.3 Å². The summed E-state index contributed by atoms with van der Waals surface area (Å²) < 4.78 is 11.2. The van der Waals surface area contributed by atoms with Gasteiger partial charge in [0, 0.05) is 32.6 Å². The Hall–Kier alpha value is -5.80. The van der Waals surface area contributed by atoms with E-state index in [1.807, 2.05) is 6.07 Å². The Morgan fingerprint density at radius 2 is 0.977 bits per heavy atom. The lowest BCUT2D eigenvalue weighted by Crippen LogP contribution is -1.95. The van der Waals surface area contributed by atoms with Crippen LogP contribution in [-0.2, 0) is 0 Å². The summed E-state index contributed by atoms with van der Waals surface area (Å²) in [6.07, 6.45) is 0. The normalized spacial score (nSPS) is 12.2. The van der Waals surface area contributed by atoms with E-state index < -0.39 is 0 Å². The second-order valence-corrected chi connectivity index (χ2v) is 11.3. The predicted molar refractivity (Wildman–Crippen MR) is 180 cm³/mol. The van der Waals surface area contributed by atoms with Crippen molar-refractivity contribution in [2.24, 2.45) is 0 Å². The van der Waals surface area contributed by atoms with Crippen LogP contribution in [0.2, 0.25) is 0 Å². The number of fused-ring (bicyclic) bond motifs is 11. The van der Waals surface area contributed by atoms with E-state index in [9.17, 15) is 0 Å². The van der Waals surface area contributed by atoms with Crippen LogP contribution in [0, 0.1) is 0 Å². The van der Waals surface area contributed by atoms with E-state index in [0.717, 1.165) is 27.6 Å². The molecule has 3 aromatic heterocycles. The van der Waals surface area contributed by atoms with Crippen molar-refractivity contribution in [3.05, 3.63) is 146 Å². The molecule has 3 nitrogen and oxygen atoms in total. The van der Waals surface area contributed by atoms with Crippen LogP contribution in [0.15, 0.2) is 150 Å². The summed E-state index contributed by atoms with van der Waals surface area (Å²) in [6, 6.07) is 52.3. The lowest BCUT2D eigenvalue weighted by atomic mass is 10.1. The van der Waals surface area contributed by atoms with Crippen molar-refractivity contribution in [3.63, 3.8) is 0 Å². The van der Waals surface area contributed by atoms with Gasteiger partial charge in [-0.15, -0.1) is 0 Å². The Balaban J connectivity index is 1.38. The van der Waals surface area contributed by atoms with Gasteiger partial charge in [0.15, 0.2) is 0 Å². The summed E-state index contributed by atoms with van der Waals surface area (Å²) in [5, 5.41) is 9.81. The molecule has 10 aromatic rings. The Morgan fingerprint density at radius 1 is 0.372 bits per heavy atom. The number of para-hydroxylation sites is 3. The molecular weight excluding hydrogens is 524 g/mol. The average Bonchev–Trinajstić information content (AvgIpc) is 3.72. The van der Waals surface area contributed by atoms with Crippen LogP contribution in [0.4, 0.5) is 0 Å². The van der Waals surface area contributed by atoms with E-state index in [4.69, 9.17) is 4.42 Å². The fourth-order valence-electron chi connectivity index (χ4n) is 7.31. The minimum absolute atomic E-state index is 0.901. The number of furan rings is 1. The predicted octanol–water partition coefficient (Wildman–Crippen LogP) is 10.9. The fraction of sp³-hybridized carbons (Fsp3) is 0. The Labute approximate surface area is 246 Å². The molecule has 10 rings (SSSR count). The van der Waals surface area contributed by atoms with Gasteiger partial charge >= 0.3 is 0 Å². The summed E-state index contributed by atoms with van der Waals surface area (Å²) in [4.78, 5) is 0. The highest BCUT2D eigenvalue weighted by Gasteiger charge is 2.22. The molecule has 0 spiro atoms. The van der Waals surface area contributed by atoms with E-state index in [1.165, 1.54) is 60.1 Å². The molecule has 0 atom stereocenters. The summed E-state index contributed by atoms with van der Waals surface area (Å²) in [7, 11) is 0. The number of hydrogen-bond acceptors (Lipinski definition) is 1. The zero-order valence-corrected chi connectivity index (χ0v) is 23.2. The lowest BCUT2D eigenvalue weighted by Gasteiger charge is -2.11. The number of benzene rings is 7. The standard InChI is InChI=1S/C40H24N2O/c1-2-11-26-24-27(21-20-25(26)10-1)41-31-15-6-3-12-28(31)39-34(41)22-23-35-40(39)29-13-4-7-16-32(29)42(35)33-17-9-19-37-38(33)30-14-5-8-18-36(30)43-37/h1-24H. The van der Waals surface area contributed by atoms with Gasteiger partial charge in [-0.2, -0.15) is 0 Å². The molecule has 0 fully saturated rings. The first-order chi connectivity index (χ1) is 21.3. The molecule has 0 aliphatic carbocycles. The molecule has 0 saturated heterocycles. The van der Waals surface area contributed by atoms with Gasteiger partial charge < -0.3 is 13.6 Å². The molecule has 0 N–H and O–H groups in total. The second kappa shape index (κ2) is 8.37. The van der Waals surface area contributed by atoms with Crippen LogP contribution < -0.4 is 0 Å². The average molecular weight is 549 g/mol. The molecule has 200 valence electrons. The third-order valence-corrected chi connectivity index (χ3v) is 9.08. The molecule has 0 saturated carbocycles. The molecule has 0 unspecified atom stereocenters. The van der Waals surface area contributed by atoms with Crippen molar-refractivity contribution in [1.29, 1.82) is 0 Å². The molecule has 0 amide bonds. The van der Waals surface area contributed by atoms with Crippen molar-refractivity contribution in [2.45, 2.75) is 0 Å². The third kappa shape index (κ3) is 3.03. The molecule has 0 bridgehead atoms. The molecule has 3 heterocycles. The summed E-state index contributed by atoms with van der Waals surface area (Å²) in [5.74, 6) is 0. The number of rotatable bonds is 2. The van der Waals surface area contributed by atoms with Gasteiger partial charge in [-0.1, -0.05) is 91.0 Å². The highest BCUT2D eigenvalue weighted by atomic mass is 16.3. The maximum atomic E-state index is 6.31. The fourth-order valence-corrected chi connectivity index (χ4v) is 7.31. The Morgan fingerprint density at radius 3 is 1.77 bits per heavy atom. The van der Waals surface area contributed by atoms with E-state index in [2.05, 4.69) is 149 Å². The minimum Gasteiger partial charge on any atom is -0.456 e. The molecule has 3 heteroatoms. The first kappa shape index (κ1) is 22.8. The number of nitrogens with zero attached hydrogens (tertiary/aromatic N) is 2. The summed E-state index contributed by atoms with van der Waals surface area (Å²) in [5.41, 5.74) is 8.90. The van der Waals surface area contributed by atoms with Crippen molar-refractivity contribution < 1.29 is 4.42 Å². The molecule has 0 aliphatic rings. The van der Waals surface area contributed by atoms with Crippen LogP contribution in [-0.4, -0.2) is 9.13 Å². The smallest absolute Gasteiger partial charge is 0.137 e. The maximum Gasteiger partial charge on any atom is 0.137 e. The first-order valence-corrected chi connectivity index (χ1v) is 14.7. The topological polar surface area (TPSA) is 23.0 Å². The van der Waals surface area contributed by atoms with Gasteiger partial charge in [0.25, 0.3) is 0 Å². The molecular formula is C40H24N2O. The van der Waals surface area contributed by atoms with Crippen LogP contribution in [0.5, 0.6) is 0 Å². The van der Waals surface area contributed by atoms with Gasteiger partial charge in [-0.05, 0) is 65.4 Å². The van der Waals surface area contributed by atoms with Crippen LogP contribution in [0.25, 0.3) is 87.7 Å². The molecule has 0 aliphatic heterocycles. The maximum absolute atomic E-state index is 6.31. The van der Waals surface area contributed by atoms with Gasteiger partial charge in [-0.3, -0.25) is 0 Å². The van der Waals surface area contributed by atoms with E-state index in [-0.39, 0.29) is 0 Å². The van der Waals surface area contributed by atoms with E-state index in [1.54, 1.807) is 0 Å². The first-order valence-electron chi connectivity index (χ1n) is 14.7. The zero-order valence-electron chi connectivity index (χ0n) is 23.2. The largest absolute Gasteiger partial charge is 0.456 e. The van der Waals surface area contributed by atoms with Crippen molar-refractivity contribution in [1.82, 2.24) is 9.13 Å². The van der Waals surface area contributed by atoms with E-state index >= 15 is 0 Å². The quantitative estimate of drug-likeness (QED) is 0.211. The van der Waals surface area contributed by atoms with Crippen molar-refractivity contribution in [3.8, 4) is 11.4 Å². The minimum atomic E-state index is 0.901. The molecule has 7 aromatic carbocycles. The van der Waals surface area contributed by atoms with Crippen LogP contribution >= 0.6 is 0 Å². The molecule has 43 heavy (non-hydrogen) atoms. The van der Waals surface area contributed by atoms with Crippen LogP contribution in [0.3, 0.4) is 0 Å². The van der Waals surface area contributed by atoms with Crippen molar-refractivity contribution in [2.75, 3.05) is 0 Å². The Bertz CT molecular complexity index is 2740. The molecule has 0 radical (unpaired) electrons. The SMILES string of the molecule is c1ccc2cc(-n3c4ccccc4c4c5c6ccccc6n(-c6cccc7oc8ccccc8c67)c5ccc43)ccc2c1. The Kier molecular flexibility index (Phi) is 4.45. The van der Waals surface area contributed by atoms with E-state index in [0.29, 0.717) is 0 Å². The highest BCUT2D eigenvalue weighted by Crippen LogP contribution is 2.44. The second-order valence-electron chi connectivity index (χ2n) is 11.3. The summed E-state index contributed by atoms with van der Waals surface area (Å²) >= 11 is 0. The highest BCUT2D eigenvalue weighted by molar-refractivity contribution is 6.29. The van der Waals surface area contributed by atoms with Gasteiger partial charge in [-0.25, -0.2) is 0 Å². The third-order valence-electron chi connectivity index (χ3n) is 9.08.